The molecule has 0 aromatic rings. The van der Waals surface area contributed by atoms with Gasteiger partial charge < -0.3 is 4.48 Å². The minimum atomic E-state index is 0.479. The molecule has 1 saturated heterocycles. The van der Waals surface area contributed by atoms with Gasteiger partial charge >= 0.3 is 0 Å². The minimum absolute atomic E-state index is 0.479. The number of nitrogens with zero attached hydrogens (tertiary/aromatic N) is 1. The predicted molar refractivity (Wildman–Crippen MR) is 40.3 cm³/mol. The third-order valence-corrected chi connectivity index (χ3v) is 4.24. The Bertz CT molecular complexity index is 102. The lowest BCUT2D eigenvalue weighted by molar-refractivity contribution is -0.808. The van der Waals surface area contributed by atoms with Crippen molar-refractivity contribution < 1.29 is 4.48 Å². The first kappa shape index (κ1) is 7.07. The molecule has 0 radical (unpaired) electrons. The highest BCUT2D eigenvalue weighted by Crippen LogP contribution is 2.55. The third kappa shape index (κ3) is 0.454. The fourth-order valence-corrected chi connectivity index (χ4v) is 1.67. The van der Waals surface area contributed by atoms with Gasteiger partial charge in [0.05, 0.1) is 14.1 Å². The van der Waals surface area contributed by atoms with Gasteiger partial charge in [-0.25, -0.2) is 0 Å². The van der Waals surface area contributed by atoms with Crippen molar-refractivity contribution in [2.45, 2.75) is 38.8 Å². The second-order valence-electron chi connectivity index (χ2n) is 4.57. The fourth-order valence-electron chi connectivity index (χ4n) is 1.67. The molecule has 1 nitrogen and oxygen atoms in total. The van der Waals surface area contributed by atoms with Gasteiger partial charge in [0.15, 0.2) is 0 Å². The van der Waals surface area contributed by atoms with Crippen molar-refractivity contribution in [3.8, 4) is 0 Å². The normalized spacial score (nSPS) is 34.0. The molecule has 1 aliphatic rings. The van der Waals surface area contributed by atoms with E-state index in [1.165, 1.54) is 0 Å². The van der Waals surface area contributed by atoms with E-state index >= 15 is 0 Å². The number of likely N-dealkylation sites (N-methyl/N-ethyl adjacent to an activating group) is 1. The molecule has 0 unspecified atom stereocenters. The zero-order valence-electron chi connectivity index (χ0n) is 7.45. The summed E-state index contributed by atoms with van der Waals surface area (Å²) >= 11 is 0. The molecule has 0 aromatic carbocycles. The van der Waals surface area contributed by atoms with E-state index in [1.807, 2.05) is 0 Å². The Hall–Kier alpha value is -0.0400. The van der Waals surface area contributed by atoms with Crippen LogP contribution in [0, 0.1) is 0 Å². The lowest BCUT2D eigenvalue weighted by Crippen LogP contribution is -2.24. The van der Waals surface area contributed by atoms with Crippen LogP contribution < -0.4 is 0 Å². The smallest absolute Gasteiger partial charge is 0.148 e. The van der Waals surface area contributed by atoms with Crippen LogP contribution in [0.2, 0.25) is 0 Å². The molecular formula is C8H18N+. The molecule has 0 aliphatic carbocycles. The molecule has 54 valence electrons. The fraction of sp³-hybridized carbons (Fsp3) is 1.00. The summed E-state index contributed by atoms with van der Waals surface area (Å²) in [6.07, 6.45) is 0. The number of quaternary nitrogens is 1. The molecule has 0 aromatic heterocycles. The summed E-state index contributed by atoms with van der Waals surface area (Å²) in [7, 11) is 4.58. The van der Waals surface area contributed by atoms with E-state index in [9.17, 15) is 0 Å². The Morgan fingerprint density at radius 3 is 0.889 bits per heavy atom. The first-order valence-corrected chi connectivity index (χ1v) is 3.59. The van der Waals surface area contributed by atoms with Gasteiger partial charge in [0, 0.05) is 0 Å². The zero-order chi connectivity index (χ0) is 7.50. The quantitative estimate of drug-likeness (QED) is 0.343. The van der Waals surface area contributed by atoms with Gasteiger partial charge in [-0.15, -0.1) is 0 Å². The first-order chi connectivity index (χ1) is 3.75. The van der Waals surface area contributed by atoms with Crippen LogP contribution in [0.3, 0.4) is 0 Å². The second-order valence-corrected chi connectivity index (χ2v) is 4.57. The van der Waals surface area contributed by atoms with Crippen molar-refractivity contribution in [3.63, 3.8) is 0 Å². The van der Waals surface area contributed by atoms with Gasteiger partial charge in [0.25, 0.3) is 0 Å². The molecule has 1 heterocycles. The van der Waals surface area contributed by atoms with E-state index in [1.54, 1.807) is 0 Å². The third-order valence-electron chi connectivity index (χ3n) is 4.24. The van der Waals surface area contributed by atoms with Gasteiger partial charge in [0.1, 0.15) is 11.1 Å². The second kappa shape index (κ2) is 1.20. The summed E-state index contributed by atoms with van der Waals surface area (Å²) in [6, 6.07) is 0. The summed E-state index contributed by atoms with van der Waals surface area (Å²) in [4.78, 5) is 0. The summed E-state index contributed by atoms with van der Waals surface area (Å²) < 4.78 is 1.15. The monoisotopic (exact) mass is 128 g/mol. The van der Waals surface area contributed by atoms with Gasteiger partial charge in [-0.05, 0) is 27.7 Å². The van der Waals surface area contributed by atoms with Crippen LogP contribution >= 0.6 is 0 Å². The Labute approximate surface area is 58.3 Å². The van der Waals surface area contributed by atoms with E-state index < -0.39 is 0 Å². The standard InChI is InChI=1S/C8H18N/c1-7(2)8(3,4)9(7,5)6/h1-6H3/q+1. The summed E-state index contributed by atoms with van der Waals surface area (Å²) in [6.45, 7) is 9.31. The zero-order valence-corrected chi connectivity index (χ0v) is 7.45. The van der Waals surface area contributed by atoms with Crippen LogP contribution in [0.25, 0.3) is 0 Å². The van der Waals surface area contributed by atoms with Crippen LogP contribution in [0.5, 0.6) is 0 Å². The average Bonchev–Trinajstić information content (AvgIpc) is 1.84. The molecule has 0 atom stereocenters. The maximum absolute atomic E-state index is 2.33. The summed E-state index contributed by atoms with van der Waals surface area (Å²) in [5.74, 6) is 0. The van der Waals surface area contributed by atoms with E-state index in [2.05, 4.69) is 41.8 Å². The van der Waals surface area contributed by atoms with E-state index in [0.717, 1.165) is 4.48 Å². The topological polar surface area (TPSA) is 0 Å². The average molecular weight is 128 g/mol. The first-order valence-electron chi connectivity index (χ1n) is 3.59. The van der Waals surface area contributed by atoms with Gasteiger partial charge in [-0.1, -0.05) is 0 Å². The van der Waals surface area contributed by atoms with Crippen molar-refractivity contribution in [2.24, 2.45) is 0 Å². The SMILES string of the molecule is CC1(C)C(C)(C)[N+]1(C)C. The van der Waals surface area contributed by atoms with Crippen LogP contribution in [-0.2, 0) is 0 Å². The molecule has 9 heavy (non-hydrogen) atoms. The van der Waals surface area contributed by atoms with Crippen LogP contribution in [0.15, 0.2) is 0 Å². The Balaban J connectivity index is 2.91. The van der Waals surface area contributed by atoms with Gasteiger partial charge in [0.2, 0.25) is 0 Å². The van der Waals surface area contributed by atoms with Crippen LogP contribution in [0.1, 0.15) is 27.7 Å². The number of rotatable bonds is 0. The van der Waals surface area contributed by atoms with E-state index in [-0.39, 0.29) is 0 Å². The van der Waals surface area contributed by atoms with E-state index in [4.69, 9.17) is 0 Å². The molecular weight excluding hydrogens is 110 g/mol. The molecule has 0 bridgehead atoms. The van der Waals surface area contributed by atoms with Crippen molar-refractivity contribution >= 4 is 0 Å². The molecule has 0 N–H and O–H groups in total. The lowest BCUT2D eigenvalue weighted by Gasteiger charge is -2.10. The Kier molecular flexibility index (Phi) is 0.939. The molecule has 0 spiro atoms. The highest BCUT2D eigenvalue weighted by Gasteiger charge is 2.75. The summed E-state index contributed by atoms with van der Waals surface area (Å²) in [5, 5.41) is 0. The minimum Gasteiger partial charge on any atom is -0.309 e. The molecule has 1 rings (SSSR count). The van der Waals surface area contributed by atoms with Gasteiger partial charge in [-0.2, -0.15) is 0 Å². The van der Waals surface area contributed by atoms with Crippen LogP contribution in [0.4, 0.5) is 0 Å². The highest BCUT2D eigenvalue weighted by molar-refractivity contribution is 5.04. The predicted octanol–water partition coefficient (Wildman–Crippen LogP) is 1.63. The molecule has 1 heteroatoms. The maximum Gasteiger partial charge on any atom is 0.148 e. The highest BCUT2D eigenvalue weighted by atomic mass is 15.6. The molecule has 0 saturated carbocycles. The van der Waals surface area contributed by atoms with Crippen molar-refractivity contribution in [3.05, 3.63) is 0 Å². The van der Waals surface area contributed by atoms with Crippen molar-refractivity contribution in [1.29, 1.82) is 0 Å². The van der Waals surface area contributed by atoms with Crippen LogP contribution in [-0.4, -0.2) is 29.7 Å². The molecule has 1 fully saturated rings. The number of hydrogen-bond donors (Lipinski definition) is 0. The molecule has 1 aliphatic heterocycles. The maximum atomic E-state index is 2.33. The van der Waals surface area contributed by atoms with E-state index in [0.29, 0.717) is 11.1 Å². The largest absolute Gasteiger partial charge is 0.309 e. The summed E-state index contributed by atoms with van der Waals surface area (Å²) in [5.41, 5.74) is 0.958. The molecule has 0 amide bonds. The Morgan fingerprint density at radius 1 is 0.778 bits per heavy atom. The number of hydrogen-bond acceptors (Lipinski definition) is 0. The van der Waals surface area contributed by atoms with Crippen molar-refractivity contribution in [2.75, 3.05) is 14.1 Å². The van der Waals surface area contributed by atoms with Gasteiger partial charge in [-0.3, -0.25) is 0 Å². The van der Waals surface area contributed by atoms with Crippen molar-refractivity contribution in [1.82, 2.24) is 0 Å². The lowest BCUT2D eigenvalue weighted by atomic mass is 10.0. The Morgan fingerprint density at radius 2 is 0.889 bits per heavy atom.